The number of carbonyl (C=O) groups excluding carboxylic acids is 2. The zero-order chi connectivity index (χ0) is 33.0. The van der Waals surface area contributed by atoms with E-state index in [9.17, 15) is 9.59 Å². The van der Waals surface area contributed by atoms with Crippen molar-refractivity contribution < 1.29 is 9.59 Å². The fourth-order valence-corrected chi connectivity index (χ4v) is 7.01. The van der Waals surface area contributed by atoms with Gasteiger partial charge in [-0.3, -0.25) is 19.6 Å². The Morgan fingerprint density at radius 2 is 0.917 bits per heavy atom. The molecule has 7 rings (SSSR count). The number of aromatic nitrogens is 4. The third-order valence-electron chi connectivity index (χ3n) is 7.65. The number of carbonyl (C=O) groups is 2. The molecule has 3 aromatic carbocycles. The van der Waals surface area contributed by atoms with E-state index in [1.54, 1.807) is 59.3 Å². The molecule has 2 N–H and O–H groups in total. The predicted octanol–water partition coefficient (Wildman–Crippen LogP) is 9.18. The van der Waals surface area contributed by atoms with Gasteiger partial charge in [-0.15, -0.1) is 22.7 Å². The minimum absolute atomic E-state index is 0.266. The van der Waals surface area contributed by atoms with E-state index in [2.05, 4.69) is 20.6 Å². The van der Waals surface area contributed by atoms with Gasteiger partial charge in [-0.2, -0.15) is 0 Å². The Bertz CT molecular complexity index is 2050. The molecule has 234 valence electrons. The third-order valence-corrected chi connectivity index (χ3v) is 9.69. The van der Waals surface area contributed by atoms with Crippen LogP contribution in [0.3, 0.4) is 0 Å². The second-order valence-electron chi connectivity index (χ2n) is 11.0. The van der Waals surface area contributed by atoms with Gasteiger partial charge in [0.1, 0.15) is 10.0 Å². The van der Waals surface area contributed by atoms with E-state index in [0.717, 1.165) is 53.4 Å². The first-order valence-corrected chi connectivity index (χ1v) is 16.7. The summed E-state index contributed by atoms with van der Waals surface area (Å²) < 4.78 is 0. The second kappa shape index (κ2) is 13.5. The first-order chi connectivity index (χ1) is 23.4. The molecule has 0 aliphatic heterocycles. The summed E-state index contributed by atoms with van der Waals surface area (Å²) in [6.45, 7) is 4.10. The van der Waals surface area contributed by atoms with Crippen LogP contribution in [0.25, 0.3) is 43.7 Å². The molecule has 0 radical (unpaired) electrons. The molecule has 4 heterocycles. The minimum Gasteiger partial charge on any atom is -0.322 e. The molecule has 2 amide bonds. The maximum Gasteiger partial charge on any atom is 0.255 e. The van der Waals surface area contributed by atoms with Crippen LogP contribution in [0.2, 0.25) is 0 Å². The number of hydrogen-bond donors (Lipinski definition) is 2. The number of thiazole rings is 2. The Labute approximate surface area is 285 Å². The maximum absolute atomic E-state index is 13.0. The Balaban J connectivity index is 0.962. The lowest BCUT2D eigenvalue weighted by atomic mass is 10.1. The van der Waals surface area contributed by atoms with E-state index in [0.29, 0.717) is 22.5 Å². The van der Waals surface area contributed by atoms with Crippen molar-refractivity contribution in [3.05, 3.63) is 143 Å². The van der Waals surface area contributed by atoms with Crippen molar-refractivity contribution in [3.63, 3.8) is 0 Å². The number of amides is 2. The highest BCUT2D eigenvalue weighted by Crippen LogP contribution is 2.34. The summed E-state index contributed by atoms with van der Waals surface area (Å²) in [5, 5.41) is 7.70. The number of rotatable bonds is 8. The standard InChI is InChI=1S/C38H28N6O2S2/c1-23-33(43-37(47-23)29-5-3-19-39-21-29)25-11-15-31(16-12-25)41-35(45)27-7-9-28(10-8-27)36(46)42-32-17-13-26(14-18-32)34-24(2)48-38(44-34)30-6-4-20-40-22-30/h3-22H,1-2H3,(H,41,45)(H,42,46). The van der Waals surface area contributed by atoms with E-state index in [1.165, 1.54) is 0 Å². The molecular weight excluding hydrogens is 637 g/mol. The molecule has 7 aromatic rings. The van der Waals surface area contributed by atoms with E-state index < -0.39 is 0 Å². The molecule has 0 spiro atoms. The predicted molar refractivity (Wildman–Crippen MR) is 193 cm³/mol. The number of nitrogens with zero attached hydrogens (tertiary/aromatic N) is 4. The Morgan fingerprint density at radius 3 is 1.27 bits per heavy atom. The van der Waals surface area contributed by atoms with Crippen molar-refractivity contribution in [2.45, 2.75) is 13.8 Å². The van der Waals surface area contributed by atoms with Crippen LogP contribution in [0, 0.1) is 13.8 Å². The SMILES string of the molecule is Cc1sc(-c2cccnc2)nc1-c1ccc(NC(=O)c2ccc(C(=O)Nc3ccc(-c4nc(-c5cccnc5)sc4C)cc3)cc2)cc1. The lowest BCUT2D eigenvalue weighted by Crippen LogP contribution is -2.14. The number of aryl methyl sites for hydroxylation is 2. The molecule has 0 aliphatic carbocycles. The smallest absolute Gasteiger partial charge is 0.255 e. The topological polar surface area (TPSA) is 110 Å². The average Bonchev–Trinajstić information content (AvgIpc) is 3.72. The van der Waals surface area contributed by atoms with Gasteiger partial charge >= 0.3 is 0 Å². The quantitative estimate of drug-likeness (QED) is 0.168. The van der Waals surface area contributed by atoms with E-state index in [-0.39, 0.29) is 11.8 Å². The van der Waals surface area contributed by atoms with Gasteiger partial charge < -0.3 is 10.6 Å². The number of anilines is 2. The summed E-state index contributed by atoms with van der Waals surface area (Å²) in [5.74, 6) is -0.531. The van der Waals surface area contributed by atoms with Crippen LogP contribution in [0.5, 0.6) is 0 Å². The van der Waals surface area contributed by atoms with Crippen LogP contribution in [0.1, 0.15) is 30.5 Å². The highest BCUT2D eigenvalue weighted by molar-refractivity contribution is 7.15. The zero-order valence-corrected chi connectivity index (χ0v) is 27.6. The normalized spacial score (nSPS) is 10.9. The number of hydrogen-bond acceptors (Lipinski definition) is 8. The third kappa shape index (κ3) is 6.66. The fourth-order valence-electron chi connectivity index (χ4n) is 5.16. The highest BCUT2D eigenvalue weighted by Gasteiger charge is 2.15. The molecule has 0 bridgehead atoms. The van der Waals surface area contributed by atoms with E-state index >= 15 is 0 Å². The summed E-state index contributed by atoms with van der Waals surface area (Å²) in [6.07, 6.45) is 7.11. The number of benzene rings is 3. The number of nitrogens with one attached hydrogen (secondary N) is 2. The van der Waals surface area contributed by atoms with Gasteiger partial charge in [-0.05, 0) is 86.6 Å². The minimum atomic E-state index is -0.266. The molecule has 0 saturated carbocycles. The van der Waals surface area contributed by atoms with Crippen molar-refractivity contribution in [3.8, 4) is 43.7 Å². The maximum atomic E-state index is 13.0. The molecule has 10 heteroatoms. The van der Waals surface area contributed by atoms with Gasteiger partial charge in [-0.25, -0.2) is 9.97 Å². The fraction of sp³-hybridized carbons (Fsp3) is 0.0526. The van der Waals surface area contributed by atoms with Gasteiger partial charge in [0, 0.05) is 79.3 Å². The first-order valence-electron chi connectivity index (χ1n) is 15.1. The van der Waals surface area contributed by atoms with E-state index in [1.807, 2.05) is 99.0 Å². The molecule has 8 nitrogen and oxygen atoms in total. The molecule has 4 aromatic heterocycles. The summed E-state index contributed by atoms with van der Waals surface area (Å²) in [7, 11) is 0. The monoisotopic (exact) mass is 664 g/mol. The molecule has 0 fully saturated rings. The van der Waals surface area contributed by atoms with Crippen LogP contribution in [0.15, 0.2) is 122 Å². The number of pyridine rings is 2. The molecule has 0 saturated heterocycles. The van der Waals surface area contributed by atoms with Gasteiger partial charge in [0.25, 0.3) is 11.8 Å². The molecule has 0 unspecified atom stereocenters. The van der Waals surface area contributed by atoms with Crippen molar-refractivity contribution in [1.82, 2.24) is 19.9 Å². The molecule has 48 heavy (non-hydrogen) atoms. The van der Waals surface area contributed by atoms with Crippen LogP contribution < -0.4 is 10.6 Å². The van der Waals surface area contributed by atoms with Gasteiger partial charge in [0.15, 0.2) is 0 Å². The van der Waals surface area contributed by atoms with Crippen LogP contribution >= 0.6 is 22.7 Å². The van der Waals surface area contributed by atoms with Crippen LogP contribution in [0.4, 0.5) is 11.4 Å². The summed E-state index contributed by atoms with van der Waals surface area (Å²) in [4.78, 5) is 46.2. The van der Waals surface area contributed by atoms with Gasteiger partial charge in [0.05, 0.1) is 11.4 Å². The Morgan fingerprint density at radius 1 is 0.521 bits per heavy atom. The molecule has 0 atom stereocenters. The Hall–Kier alpha value is -5.84. The van der Waals surface area contributed by atoms with Crippen molar-refractivity contribution in [2.24, 2.45) is 0 Å². The van der Waals surface area contributed by atoms with Crippen LogP contribution in [-0.2, 0) is 0 Å². The highest BCUT2D eigenvalue weighted by atomic mass is 32.1. The van der Waals surface area contributed by atoms with Crippen molar-refractivity contribution >= 4 is 45.9 Å². The van der Waals surface area contributed by atoms with Gasteiger partial charge in [0.2, 0.25) is 0 Å². The zero-order valence-electron chi connectivity index (χ0n) is 26.0. The molecule has 0 aliphatic rings. The second-order valence-corrected chi connectivity index (χ2v) is 13.4. The van der Waals surface area contributed by atoms with Gasteiger partial charge in [-0.1, -0.05) is 24.3 Å². The lowest BCUT2D eigenvalue weighted by Gasteiger charge is -2.09. The summed E-state index contributed by atoms with van der Waals surface area (Å²) >= 11 is 3.25. The average molecular weight is 665 g/mol. The largest absolute Gasteiger partial charge is 0.322 e. The summed E-state index contributed by atoms with van der Waals surface area (Å²) in [5.41, 5.74) is 7.93. The van der Waals surface area contributed by atoms with E-state index in [4.69, 9.17) is 9.97 Å². The lowest BCUT2D eigenvalue weighted by molar-refractivity contribution is 0.101. The summed E-state index contributed by atoms with van der Waals surface area (Å²) in [6, 6.07) is 29.6. The van der Waals surface area contributed by atoms with Crippen molar-refractivity contribution in [2.75, 3.05) is 10.6 Å². The first kappa shape index (κ1) is 30.8. The Kier molecular flexibility index (Phi) is 8.65. The van der Waals surface area contributed by atoms with Crippen molar-refractivity contribution in [1.29, 1.82) is 0 Å². The van der Waals surface area contributed by atoms with Crippen LogP contribution in [-0.4, -0.2) is 31.8 Å². The molecular formula is C38H28N6O2S2.